The molecule has 0 bridgehead atoms. The number of amides is 2. The highest BCUT2D eigenvalue weighted by Crippen LogP contribution is 1.76. The van der Waals surface area contributed by atoms with Gasteiger partial charge in [-0.25, -0.2) is 0 Å². The van der Waals surface area contributed by atoms with Gasteiger partial charge in [0.15, 0.2) is 0 Å². The summed E-state index contributed by atoms with van der Waals surface area (Å²) < 4.78 is 9.65. The van der Waals surface area contributed by atoms with Gasteiger partial charge in [-0.15, -0.1) is 0 Å². The molecule has 0 aliphatic heterocycles. The summed E-state index contributed by atoms with van der Waals surface area (Å²) in [6.07, 6.45) is 0. The zero-order chi connectivity index (χ0) is 10.8. The fourth-order valence-corrected chi connectivity index (χ4v) is 0.625. The van der Waals surface area contributed by atoms with Crippen LogP contribution < -0.4 is 10.6 Å². The lowest BCUT2D eigenvalue weighted by Gasteiger charge is -2.04. The summed E-state index contributed by atoms with van der Waals surface area (Å²) in [4.78, 5) is 21.7. The summed E-state index contributed by atoms with van der Waals surface area (Å²) in [5.41, 5.74) is 0. The third-order valence-corrected chi connectivity index (χ3v) is 1.39. The molecule has 0 heterocycles. The van der Waals surface area contributed by atoms with Crippen molar-refractivity contribution in [3.05, 3.63) is 0 Å². The molecule has 0 spiro atoms. The minimum absolute atomic E-state index is 0.0248. The van der Waals surface area contributed by atoms with Crippen LogP contribution in [0.2, 0.25) is 0 Å². The number of carbonyl (C=O) groups is 2. The average Bonchev–Trinajstić information content (AvgIpc) is 2.21. The summed E-state index contributed by atoms with van der Waals surface area (Å²) in [7, 11) is 3.05. The molecule has 0 aromatic carbocycles. The van der Waals surface area contributed by atoms with Crippen LogP contribution in [0.3, 0.4) is 0 Å². The lowest BCUT2D eigenvalue weighted by Crippen LogP contribution is -2.37. The molecule has 0 saturated heterocycles. The quantitative estimate of drug-likeness (QED) is 0.495. The van der Waals surface area contributed by atoms with Gasteiger partial charge in [-0.05, 0) is 0 Å². The van der Waals surface area contributed by atoms with Crippen molar-refractivity contribution in [3.63, 3.8) is 0 Å². The van der Waals surface area contributed by atoms with Gasteiger partial charge < -0.3 is 20.1 Å². The number of hydrogen-bond donors (Lipinski definition) is 2. The molecule has 6 nitrogen and oxygen atoms in total. The van der Waals surface area contributed by atoms with Crippen LogP contribution in [0, 0.1) is 0 Å². The standard InChI is InChI=1S/C8H16N2O4/c1-9-7(11)5-10-8(12)6-14-4-3-13-2/h3-6H2,1-2H3,(H,9,11)(H,10,12). The lowest BCUT2D eigenvalue weighted by molar-refractivity contribution is -0.129. The van der Waals surface area contributed by atoms with Crippen LogP contribution in [0.4, 0.5) is 0 Å². The predicted octanol–water partition coefficient (Wildman–Crippen LogP) is -1.49. The van der Waals surface area contributed by atoms with Gasteiger partial charge in [-0.1, -0.05) is 0 Å². The Labute approximate surface area is 82.9 Å². The summed E-state index contributed by atoms with van der Waals surface area (Å²) in [5, 5.41) is 4.78. The van der Waals surface area contributed by atoms with Crippen molar-refractivity contribution in [1.82, 2.24) is 10.6 Å². The molecule has 0 unspecified atom stereocenters. The van der Waals surface area contributed by atoms with Crippen molar-refractivity contribution >= 4 is 11.8 Å². The number of likely N-dealkylation sites (N-methyl/N-ethyl adjacent to an activating group) is 1. The summed E-state index contributed by atoms with van der Waals surface area (Å²) in [6.45, 7) is 0.732. The van der Waals surface area contributed by atoms with Gasteiger partial charge in [0.2, 0.25) is 11.8 Å². The van der Waals surface area contributed by atoms with E-state index >= 15 is 0 Å². The molecule has 0 rings (SSSR count). The molecule has 2 amide bonds. The Balaban J connectivity index is 3.32. The number of ether oxygens (including phenoxy) is 2. The first kappa shape index (κ1) is 12.9. The highest BCUT2D eigenvalue weighted by atomic mass is 16.5. The summed E-state index contributed by atoms with van der Waals surface area (Å²) >= 11 is 0. The Kier molecular flexibility index (Phi) is 7.77. The number of methoxy groups -OCH3 is 1. The maximum atomic E-state index is 11.0. The molecular formula is C8H16N2O4. The minimum atomic E-state index is -0.315. The second-order valence-electron chi connectivity index (χ2n) is 2.50. The van der Waals surface area contributed by atoms with E-state index in [2.05, 4.69) is 10.6 Å². The largest absolute Gasteiger partial charge is 0.382 e. The Morgan fingerprint density at radius 1 is 1.21 bits per heavy atom. The van der Waals surface area contributed by atoms with E-state index in [1.165, 1.54) is 7.05 Å². The summed E-state index contributed by atoms with van der Waals surface area (Å²) in [5.74, 6) is -0.556. The molecule has 0 radical (unpaired) electrons. The van der Waals surface area contributed by atoms with E-state index in [0.717, 1.165) is 0 Å². The zero-order valence-electron chi connectivity index (χ0n) is 8.46. The molecule has 82 valence electrons. The molecule has 2 N–H and O–H groups in total. The second kappa shape index (κ2) is 8.46. The Morgan fingerprint density at radius 3 is 2.50 bits per heavy atom. The number of hydrogen-bond acceptors (Lipinski definition) is 4. The third kappa shape index (κ3) is 7.51. The third-order valence-electron chi connectivity index (χ3n) is 1.39. The van der Waals surface area contributed by atoms with E-state index in [-0.39, 0.29) is 25.0 Å². The van der Waals surface area contributed by atoms with Gasteiger partial charge in [-0.2, -0.15) is 0 Å². The van der Waals surface area contributed by atoms with E-state index in [9.17, 15) is 9.59 Å². The highest BCUT2D eigenvalue weighted by Gasteiger charge is 2.03. The average molecular weight is 204 g/mol. The molecule has 14 heavy (non-hydrogen) atoms. The molecule has 0 atom stereocenters. The Bertz CT molecular complexity index is 184. The van der Waals surface area contributed by atoms with Crippen molar-refractivity contribution in [3.8, 4) is 0 Å². The molecule has 0 aromatic heterocycles. The Hall–Kier alpha value is -1.14. The predicted molar refractivity (Wildman–Crippen MR) is 49.8 cm³/mol. The second-order valence-corrected chi connectivity index (χ2v) is 2.50. The van der Waals surface area contributed by atoms with Crippen molar-refractivity contribution in [2.24, 2.45) is 0 Å². The van der Waals surface area contributed by atoms with E-state index in [1.807, 2.05) is 0 Å². The molecular weight excluding hydrogens is 188 g/mol. The topological polar surface area (TPSA) is 76.7 Å². The van der Waals surface area contributed by atoms with Crippen LogP contribution in [0.5, 0.6) is 0 Å². The first-order valence-corrected chi connectivity index (χ1v) is 4.24. The summed E-state index contributed by atoms with van der Waals surface area (Å²) in [6, 6.07) is 0. The highest BCUT2D eigenvalue weighted by molar-refractivity contribution is 5.84. The van der Waals surface area contributed by atoms with Crippen molar-refractivity contribution in [2.75, 3.05) is 40.5 Å². The van der Waals surface area contributed by atoms with Gasteiger partial charge in [0.1, 0.15) is 6.61 Å². The van der Waals surface area contributed by atoms with Crippen LogP contribution in [0.15, 0.2) is 0 Å². The first-order chi connectivity index (χ1) is 6.70. The van der Waals surface area contributed by atoms with Crippen LogP contribution in [-0.4, -0.2) is 52.3 Å². The number of nitrogens with one attached hydrogen (secondary N) is 2. The van der Waals surface area contributed by atoms with E-state index in [0.29, 0.717) is 13.2 Å². The van der Waals surface area contributed by atoms with Crippen molar-refractivity contribution < 1.29 is 19.1 Å². The maximum absolute atomic E-state index is 11.0. The van der Waals surface area contributed by atoms with Gasteiger partial charge >= 0.3 is 0 Å². The van der Waals surface area contributed by atoms with E-state index in [4.69, 9.17) is 9.47 Å². The monoisotopic (exact) mass is 204 g/mol. The number of carbonyl (C=O) groups excluding carboxylic acids is 2. The molecule has 0 aliphatic carbocycles. The first-order valence-electron chi connectivity index (χ1n) is 4.24. The van der Waals surface area contributed by atoms with Crippen LogP contribution in [-0.2, 0) is 19.1 Å². The SMILES string of the molecule is CNC(=O)CNC(=O)COCCOC. The maximum Gasteiger partial charge on any atom is 0.246 e. The molecule has 0 aromatic rings. The van der Waals surface area contributed by atoms with Crippen molar-refractivity contribution in [2.45, 2.75) is 0 Å². The van der Waals surface area contributed by atoms with Crippen molar-refractivity contribution in [1.29, 1.82) is 0 Å². The molecule has 0 aliphatic rings. The van der Waals surface area contributed by atoms with Crippen LogP contribution >= 0.6 is 0 Å². The van der Waals surface area contributed by atoms with Gasteiger partial charge in [0.25, 0.3) is 0 Å². The van der Waals surface area contributed by atoms with Gasteiger partial charge in [-0.3, -0.25) is 9.59 Å². The fraction of sp³-hybridized carbons (Fsp3) is 0.750. The molecule has 6 heteroatoms. The molecule has 0 fully saturated rings. The zero-order valence-corrected chi connectivity index (χ0v) is 8.46. The smallest absolute Gasteiger partial charge is 0.246 e. The number of rotatable bonds is 7. The van der Waals surface area contributed by atoms with Gasteiger partial charge in [0, 0.05) is 14.2 Å². The fourth-order valence-electron chi connectivity index (χ4n) is 0.625. The molecule has 0 saturated carbocycles. The minimum Gasteiger partial charge on any atom is -0.382 e. The lowest BCUT2D eigenvalue weighted by atomic mass is 10.5. The van der Waals surface area contributed by atoms with E-state index < -0.39 is 0 Å². The Morgan fingerprint density at radius 2 is 1.93 bits per heavy atom. The van der Waals surface area contributed by atoms with E-state index in [1.54, 1.807) is 7.11 Å². The van der Waals surface area contributed by atoms with Crippen LogP contribution in [0.1, 0.15) is 0 Å². The normalized spacial score (nSPS) is 9.57. The van der Waals surface area contributed by atoms with Crippen LogP contribution in [0.25, 0.3) is 0 Å². The van der Waals surface area contributed by atoms with Gasteiger partial charge in [0.05, 0.1) is 19.8 Å².